The van der Waals surface area contributed by atoms with Gasteiger partial charge >= 0.3 is 0 Å². The summed E-state index contributed by atoms with van der Waals surface area (Å²) in [6, 6.07) is 2.69. The Morgan fingerprint density at radius 3 is 2.54 bits per heavy atom. The maximum absolute atomic E-state index is 12.9. The lowest BCUT2D eigenvalue weighted by Gasteiger charge is -2.37. The summed E-state index contributed by atoms with van der Waals surface area (Å²) < 4.78 is 34.2. The van der Waals surface area contributed by atoms with Gasteiger partial charge in [-0.1, -0.05) is 13.3 Å². The second kappa shape index (κ2) is 9.07. The van der Waals surface area contributed by atoms with Crippen LogP contribution in [0.2, 0.25) is 0 Å². The van der Waals surface area contributed by atoms with Crippen LogP contribution in [0, 0.1) is 5.92 Å². The summed E-state index contributed by atoms with van der Waals surface area (Å²) in [5.74, 6) is 0.768. The van der Waals surface area contributed by atoms with Gasteiger partial charge in [-0.25, -0.2) is 13.1 Å². The number of fused-ring (bicyclic) bond motifs is 1. The van der Waals surface area contributed by atoms with Crippen LogP contribution in [-0.2, 0) is 27.8 Å². The Morgan fingerprint density at radius 1 is 1.21 bits per heavy atom. The molecule has 28 heavy (non-hydrogen) atoms. The zero-order valence-electron chi connectivity index (χ0n) is 16.8. The van der Waals surface area contributed by atoms with E-state index < -0.39 is 22.1 Å². The van der Waals surface area contributed by atoms with Crippen LogP contribution in [0.25, 0.3) is 0 Å². The van der Waals surface area contributed by atoms with Crippen LogP contribution in [0.5, 0.6) is 0 Å². The Kier molecular flexibility index (Phi) is 6.96. The topological polar surface area (TPSA) is 97.6 Å². The van der Waals surface area contributed by atoms with Gasteiger partial charge in [0.15, 0.2) is 0 Å². The van der Waals surface area contributed by atoms with Crippen LogP contribution in [0.3, 0.4) is 0 Å². The highest BCUT2D eigenvalue weighted by Gasteiger charge is 2.33. The molecule has 0 spiro atoms. The highest BCUT2D eigenvalue weighted by Crippen LogP contribution is 2.30. The predicted molar refractivity (Wildman–Crippen MR) is 108 cm³/mol. The molecule has 1 fully saturated rings. The van der Waals surface area contributed by atoms with Crippen molar-refractivity contribution in [2.75, 3.05) is 12.9 Å². The molecular formula is C20H32N2O5S. The Morgan fingerprint density at radius 2 is 1.93 bits per heavy atom. The summed E-state index contributed by atoms with van der Waals surface area (Å²) >= 11 is 0. The number of sulfonamides is 1. The van der Waals surface area contributed by atoms with Gasteiger partial charge in [-0.05, 0) is 56.6 Å². The zero-order chi connectivity index (χ0) is 20.3. The smallest absolute Gasteiger partial charge is 0.256 e. The summed E-state index contributed by atoms with van der Waals surface area (Å²) in [5.41, 5.74) is 0.914. The molecule has 0 amide bonds. The minimum absolute atomic E-state index is 0.156. The summed E-state index contributed by atoms with van der Waals surface area (Å²) in [6.45, 7) is 2.17. The molecule has 1 aliphatic heterocycles. The van der Waals surface area contributed by atoms with Gasteiger partial charge in [0.1, 0.15) is 0 Å². The van der Waals surface area contributed by atoms with Gasteiger partial charge in [0, 0.05) is 17.3 Å². The molecule has 1 saturated carbocycles. The molecule has 0 radical (unpaired) electrons. The fourth-order valence-corrected chi connectivity index (χ4v) is 5.37. The van der Waals surface area contributed by atoms with Crippen LogP contribution in [0.4, 0.5) is 0 Å². The molecule has 0 bridgehead atoms. The van der Waals surface area contributed by atoms with Gasteiger partial charge < -0.3 is 14.4 Å². The molecule has 3 rings (SSSR count). The number of aromatic nitrogens is 1. The van der Waals surface area contributed by atoms with E-state index in [1.807, 2.05) is 6.07 Å². The third-order valence-corrected chi connectivity index (χ3v) is 6.93. The quantitative estimate of drug-likeness (QED) is 0.711. The van der Waals surface area contributed by atoms with Crippen molar-refractivity contribution in [2.45, 2.75) is 76.7 Å². The van der Waals surface area contributed by atoms with Gasteiger partial charge in [-0.3, -0.25) is 4.79 Å². The number of aliphatic hydroxyl groups is 1. The van der Waals surface area contributed by atoms with E-state index in [1.54, 1.807) is 10.6 Å². The minimum atomic E-state index is -3.41. The monoisotopic (exact) mass is 412 g/mol. The lowest BCUT2D eigenvalue weighted by atomic mass is 9.86. The normalized spacial score (nSPS) is 28.1. The zero-order valence-corrected chi connectivity index (χ0v) is 17.6. The van der Waals surface area contributed by atoms with Crippen molar-refractivity contribution in [1.29, 1.82) is 0 Å². The van der Waals surface area contributed by atoms with Crippen LogP contribution in [0.1, 0.15) is 62.7 Å². The Hall–Kier alpha value is -1.22. The molecule has 1 aliphatic carbocycles. The maximum atomic E-state index is 12.9. The number of rotatable bonds is 7. The number of hydrogen-bond acceptors (Lipinski definition) is 5. The number of aliphatic hydroxyl groups excluding tert-OH is 1. The SMILES string of the molecule is CCC1CCC(OC[C@H]2[C@@H](NS(C)(=O)=O)CCc3ccc(CO)c(=O)n32)CC1. The first-order valence-corrected chi connectivity index (χ1v) is 12.1. The van der Waals surface area contributed by atoms with E-state index in [2.05, 4.69) is 11.6 Å². The second-order valence-electron chi connectivity index (χ2n) is 8.17. The van der Waals surface area contributed by atoms with Gasteiger partial charge in [0.25, 0.3) is 5.56 Å². The first kappa shape index (κ1) is 21.5. The molecule has 158 valence electrons. The average molecular weight is 413 g/mol. The fraction of sp³-hybridized carbons (Fsp3) is 0.750. The third kappa shape index (κ3) is 5.03. The molecule has 2 N–H and O–H groups in total. The second-order valence-corrected chi connectivity index (χ2v) is 9.95. The van der Waals surface area contributed by atoms with Crippen molar-refractivity contribution in [3.8, 4) is 0 Å². The van der Waals surface area contributed by atoms with Crippen molar-refractivity contribution < 1.29 is 18.3 Å². The summed E-state index contributed by atoms with van der Waals surface area (Å²) in [7, 11) is -3.41. The Balaban J connectivity index is 1.82. The van der Waals surface area contributed by atoms with E-state index in [0.29, 0.717) is 18.4 Å². The van der Waals surface area contributed by atoms with Gasteiger partial charge in [-0.2, -0.15) is 0 Å². The van der Waals surface area contributed by atoms with Crippen LogP contribution in [-0.4, -0.2) is 43.1 Å². The third-order valence-electron chi connectivity index (χ3n) is 6.20. The van der Waals surface area contributed by atoms with E-state index >= 15 is 0 Å². The van der Waals surface area contributed by atoms with Crippen LogP contribution < -0.4 is 10.3 Å². The molecule has 1 aromatic heterocycles. The minimum Gasteiger partial charge on any atom is -0.391 e. The highest BCUT2D eigenvalue weighted by atomic mass is 32.2. The van der Waals surface area contributed by atoms with Crippen molar-refractivity contribution in [1.82, 2.24) is 9.29 Å². The van der Waals surface area contributed by atoms with Crippen molar-refractivity contribution >= 4 is 10.0 Å². The number of nitrogens with zero attached hydrogens (tertiary/aromatic N) is 1. The largest absolute Gasteiger partial charge is 0.391 e. The molecule has 2 heterocycles. The lowest BCUT2D eigenvalue weighted by molar-refractivity contribution is -0.00701. The van der Waals surface area contributed by atoms with Crippen molar-refractivity contribution in [3.05, 3.63) is 33.7 Å². The highest BCUT2D eigenvalue weighted by molar-refractivity contribution is 7.88. The van der Waals surface area contributed by atoms with Gasteiger partial charge in [-0.15, -0.1) is 0 Å². The van der Waals surface area contributed by atoms with Crippen LogP contribution >= 0.6 is 0 Å². The van der Waals surface area contributed by atoms with E-state index in [-0.39, 0.29) is 24.9 Å². The number of aryl methyl sites for hydroxylation is 1. The van der Waals surface area contributed by atoms with Gasteiger partial charge in [0.05, 0.1) is 31.6 Å². The molecule has 1 aromatic rings. The van der Waals surface area contributed by atoms with Gasteiger partial charge in [0.2, 0.25) is 10.0 Å². The summed E-state index contributed by atoms with van der Waals surface area (Å²) in [4.78, 5) is 12.9. The molecule has 2 aliphatic rings. The average Bonchev–Trinajstić information content (AvgIpc) is 2.66. The van der Waals surface area contributed by atoms with E-state index in [1.165, 1.54) is 6.42 Å². The number of hydrogen-bond donors (Lipinski definition) is 2. The molecule has 0 unspecified atom stereocenters. The Bertz CT molecular complexity index is 827. The van der Waals surface area contributed by atoms with E-state index in [4.69, 9.17) is 4.74 Å². The molecule has 0 aromatic carbocycles. The number of pyridine rings is 1. The summed E-state index contributed by atoms with van der Waals surface area (Å²) in [6.07, 6.45) is 8.03. The Labute approximate surface area is 167 Å². The van der Waals surface area contributed by atoms with E-state index in [9.17, 15) is 18.3 Å². The molecule has 8 heteroatoms. The summed E-state index contributed by atoms with van der Waals surface area (Å²) in [5, 5.41) is 9.48. The molecule has 0 saturated heterocycles. The fourth-order valence-electron chi connectivity index (χ4n) is 4.54. The van der Waals surface area contributed by atoms with E-state index in [0.717, 1.165) is 43.6 Å². The number of ether oxygens (including phenoxy) is 1. The first-order valence-electron chi connectivity index (χ1n) is 10.3. The predicted octanol–water partition coefficient (Wildman–Crippen LogP) is 1.73. The molecule has 7 nitrogen and oxygen atoms in total. The first-order chi connectivity index (χ1) is 13.3. The van der Waals surface area contributed by atoms with Crippen molar-refractivity contribution in [2.24, 2.45) is 5.92 Å². The standard InChI is InChI=1S/C20H32N2O5S/c1-3-14-4-9-17(10-5-14)27-13-19-18(21-28(2,25)26)11-8-16-7-6-15(12-23)20(24)22(16)19/h6-7,14,17-19,21,23H,3-5,8-13H2,1-2H3/t14?,17?,18-,19-/m0/s1. The van der Waals surface area contributed by atoms with Crippen molar-refractivity contribution in [3.63, 3.8) is 0 Å². The van der Waals surface area contributed by atoms with Crippen LogP contribution in [0.15, 0.2) is 16.9 Å². The lowest BCUT2D eigenvalue weighted by Crippen LogP contribution is -2.50. The molecule has 2 atom stereocenters. The maximum Gasteiger partial charge on any atom is 0.256 e. The molecular weight excluding hydrogens is 380 g/mol. The number of nitrogens with one attached hydrogen (secondary N) is 1.